The van der Waals surface area contributed by atoms with E-state index in [4.69, 9.17) is 4.74 Å². The molecule has 0 fully saturated rings. The van der Waals surface area contributed by atoms with Gasteiger partial charge in [0.15, 0.2) is 0 Å². The molecule has 32 heavy (non-hydrogen) atoms. The summed E-state index contributed by atoms with van der Waals surface area (Å²) < 4.78 is 6.72. The molecular weight excluding hydrogens is 466 g/mol. The first-order valence-electron chi connectivity index (χ1n) is 9.82. The van der Waals surface area contributed by atoms with Gasteiger partial charge in [-0.05, 0) is 61.4 Å². The Morgan fingerprint density at radius 1 is 1.09 bits per heavy atom. The van der Waals surface area contributed by atoms with Crippen LogP contribution in [-0.2, 0) is 11.4 Å². The lowest BCUT2D eigenvalue weighted by molar-refractivity contribution is -0.112. The summed E-state index contributed by atoms with van der Waals surface area (Å²) in [6.45, 7) is 4.06. The van der Waals surface area contributed by atoms with Crippen LogP contribution in [0.1, 0.15) is 27.8 Å². The van der Waals surface area contributed by atoms with Gasteiger partial charge in [0.2, 0.25) is 0 Å². The number of carbonyl (C=O) groups is 1. The molecule has 0 aliphatic heterocycles. The second-order valence-corrected chi connectivity index (χ2v) is 8.03. The largest absolute Gasteiger partial charge is 0.488 e. The Hall–Kier alpha value is -3.87. The van der Waals surface area contributed by atoms with E-state index in [0.29, 0.717) is 22.6 Å². The van der Waals surface area contributed by atoms with Crippen molar-refractivity contribution in [2.45, 2.75) is 20.5 Å². The van der Waals surface area contributed by atoms with Gasteiger partial charge in [0.1, 0.15) is 24.0 Å². The lowest BCUT2D eigenvalue weighted by Crippen LogP contribution is -2.14. The molecule has 0 radical (unpaired) electrons. The highest BCUT2D eigenvalue weighted by molar-refractivity contribution is 9.10. The Bertz CT molecular complexity index is 1280. The smallest absolute Gasteiger partial charge is 0.266 e. The zero-order valence-electron chi connectivity index (χ0n) is 17.6. The summed E-state index contributed by atoms with van der Waals surface area (Å²) in [6.07, 6.45) is 1.50. The average molecular weight is 486 g/mol. The standard InChI is InChI=1S/C26H20BrN3O2/c1-17-6-5-9-24(18(17)2)30-26(31)22(15-29)12-21-13-23(27)10-11-25(21)32-16-20-8-4-3-7-19(20)14-28/h3-13H,16H2,1-2H3,(H,30,31)/b22-12+. The van der Waals surface area contributed by atoms with Gasteiger partial charge < -0.3 is 10.1 Å². The van der Waals surface area contributed by atoms with E-state index in [-0.39, 0.29) is 12.2 Å². The van der Waals surface area contributed by atoms with Crippen LogP contribution in [0.5, 0.6) is 5.75 Å². The summed E-state index contributed by atoms with van der Waals surface area (Å²) in [6, 6.07) is 22.3. The molecule has 3 aromatic carbocycles. The molecule has 0 aliphatic rings. The molecule has 0 bridgehead atoms. The van der Waals surface area contributed by atoms with E-state index < -0.39 is 5.91 Å². The monoisotopic (exact) mass is 485 g/mol. The normalized spacial score (nSPS) is 10.7. The Morgan fingerprint density at radius 3 is 2.62 bits per heavy atom. The Morgan fingerprint density at radius 2 is 1.88 bits per heavy atom. The molecule has 0 saturated heterocycles. The number of hydrogen-bond donors (Lipinski definition) is 1. The van der Waals surface area contributed by atoms with E-state index >= 15 is 0 Å². The number of halogens is 1. The fraction of sp³-hybridized carbons (Fsp3) is 0.115. The molecule has 5 nitrogen and oxygen atoms in total. The number of benzene rings is 3. The van der Waals surface area contributed by atoms with Gasteiger partial charge in [0.05, 0.1) is 11.6 Å². The first-order valence-corrected chi connectivity index (χ1v) is 10.6. The third-order valence-corrected chi connectivity index (χ3v) is 5.50. The molecule has 3 rings (SSSR count). The van der Waals surface area contributed by atoms with Crippen molar-refractivity contribution >= 4 is 33.6 Å². The number of ether oxygens (including phenoxy) is 1. The molecule has 0 aromatic heterocycles. The number of nitrogens with zero attached hydrogens (tertiary/aromatic N) is 2. The van der Waals surface area contributed by atoms with Crippen LogP contribution >= 0.6 is 15.9 Å². The van der Waals surface area contributed by atoms with Crippen molar-refractivity contribution in [1.82, 2.24) is 0 Å². The lowest BCUT2D eigenvalue weighted by Gasteiger charge is -2.12. The maximum absolute atomic E-state index is 12.8. The van der Waals surface area contributed by atoms with Gasteiger partial charge in [0, 0.05) is 21.3 Å². The van der Waals surface area contributed by atoms with Crippen LogP contribution in [0.4, 0.5) is 5.69 Å². The zero-order valence-corrected chi connectivity index (χ0v) is 19.2. The van der Waals surface area contributed by atoms with E-state index in [0.717, 1.165) is 21.2 Å². The van der Waals surface area contributed by atoms with E-state index in [1.807, 2.05) is 50.2 Å². The first kappa shape index (κ1) is 22.8. The third kappa shape index (κ3) is 5.43. The number of nitriles is 2. The average Bonchev–Trinajstić information content (AvgIpc) is 2.80. The minimum Gasteiger partial charge on any atom is -0.488 e. The van der Waals surface area contributed by atoms with Crippen LogP contribution in [0, 0.1) is 36.5 Å². The highest BCUT2D eigenvalue weighted by atomic mass is 79.9. The summed E-state index contributed by atoms with van der Waals surface area (Å²) in [5.41, 5.74) is 4.46. The van der Waals surface area contributed by atoms with Crippen LogP contribution in [0.25, 0.3) is 6.08 Å². The maximum Gasteiger partial charge on any atom is 0.266 e. The molecule has 1 N–H and O–H groups in total. The summed E-state index contributed by atoms with van der Waals surface area (Å²) >= 11 is 3.42. The molecule has 0 aliphatic carbocycles. The van der Waals surface area contributed by atoms with Crippen molar-refractivity contribution in [2.24, 2.45) is 0 Å². The number of anilines is 1. The zero-order chi connectivity index (χ0) is 23.1. The maximum atomic E-state index is 12.8. The van der Waals surface area contributed by atoms with E-state index in [9.17, 15) is 15.3 Å². The van der Waals surface area contributed by atoms with Crippen molar-refractivity contribution in [1.29, 1.82) is 10.5 Å². The molecule has 3 aromatic rings. The molecule has 1 amide bonds. The van der Waals surface area contributed by atoms with Crippen LogP contribution < -0.4 is 10.1 Å². The van der Waals surface area contributed by atoms with E-state index in [1.54, 1.807) is 30.3 Å². The predicted molar refractivity (Wildman–Crippen MR) is 128 cm³/mol. The van der Waals surface area contributed by atoms with Gasteiger partial charge in [0.25, 0.3) is 5.91 Å². The summed E-state index contributed by atoms with van der Waals surface area (Å²) in [5, 5.41) is 21.7. The molecule has 0 atom stereocenters. The summed E-state index contributed by atoms with van der Waals surface area (Å²) in [4.78, 5) is 12.8. The van der Waals surface area contributed by atoms with Crippen molar-refractivity contribution in [3.63, 3.8) is 0 Å². The fourth-order valence-electron chi connectivity index (χ4n) is 3.05. The minimum absolute atomic E-state index is 0.0497. The van der Waals surface area contributed by atoms with Crippen LogP contribution in [0.15, 0.2) is 70.7 Å². The van der Waals surface area contributed by atoms with E-state index in [1.165, 1.54) is 6.08 Å². The fourth-order valence-corrected chi connectivity index (χ4v) is 3.43. The van der Waals surface area contributed by atoms with Crippen molar-refractivity contribution in [3.8, 4) is 17.9 Å². The van der Waals surface area contributed by atoms with Gasteiger partial charge in [-0.3, -0.25) is 4.79 Å². The molecular formula is C26H20BrN3O2. The van der Waals surface area contributed by atoms with E-state index in [2.05, 4.69) is 27.3 Å². The van der Waals surface area contributed by atoms with Gasteiger partial charge in [-0.2, -0.15) is 10.5 Å². The number of nitrogens with one attached hydrogen (secondary N) is 1. The van der Waals surface area contributed by atoms with Gasteiger partial charge in [-0.25, -0.2) is 0 Å². The Kier molecular flexibility index (Phi) is 7.44. The number of hydrogen-bond acceptors (Lipinski definition) is 4. The number of rotatable bonds is 6. The molecule has 158 valence electrons. The first-order chi connectivity index (χ1) is 15.4. The quantitative estimate of drug-likeness (QED) is 0.339. The van der Waals surface area contributed by atoms with Crippen molar-refractivity contribution < 1.29 is 9.53 Å². The van der Waals surface area contributed by atoms with Gasteiger partial charge >= 0.3 is 0 Å². The Balaban J connectivity index is 1.88. The Labute approximate surface area is 195 Å². The molecule has 0 heterocycles. The van der Waals surface area contributed by atoms with Crippen LogP contribution in [-0.4, -0.2) is 5.91 Å². The van der Waals surface area contributed by atoms with Crippen LogP contribution in [0.3, 0.4) is 0 Å². The predicted octanol–water partition coefficient (Wildman–Crippen LogP) is 6.06. The van der Waals surface area contributed by atoms with Gasteiger partial charge in [-0.15, -0.1) is 0 Å². The second-order valence-electron chi connectivity index (χ2n) is 7.11. The highest BCUT2D eigenvalue weighted by Gasteiger charge is 2.14. The molecule has 0 unspecified atom stereocenters. The number of carbonyl (C=O) groups excluding carboxylic acids is 1. The lowest BCUT2D eigenvalue weighted by atomic mass is 10.1. The van der Waals surface area contributed by atoms with Crippen LogP contribution in [0.2, 0.25) is 0 Å². The number of amides is 1. The molecule has 0 saturated carbocycles. The highest BCUT2D eigenvalue weighted by Crippen LogP contribution is 2.27. The third-order valence-electron chi connectivity index (χ3n) is 5.01. The summed E-state index contributed by atoms with van der Waals surface area (Å²) in [7, 11) is 0. The molecule has 6 heteroatoms. The SMILES string of the molecule is Cc1cccc(NC(=O)/C(C#N)=C/c2cc(Br)ccc2OCc2ccccc2C#N)c1C. The number of aryl methyl sites for hydroxylation is 1. The minimum atomic E-state index is -0.498. The molecule has 0 spiro atoms. The van der Waals surface area contributed by atoms with Crippen molar-refractivity contribution in [3.05, 3.63) is 98.5 Å². The second kappa shape index (κ2) is 10.4. The topological polar surface area (TPSA) is 85.9 Å². The summed E-state index contributed by atoms with van der Waals surface area (Å²) in [5.74, 6) is -0.00446. The van der Waals surface area contributed by atoms with Gasteiger partial charge in [-0.1, -0.05) is 46.3 Å². The van der Waals surface area contributed by atoms with Crippen molar-refractivity contribution in [2.75, 3.05) is 5.32 Å².